The van der Waals surface area contributed by atoms with Crippen LogP contribution in [0, 0.1) is 6.92 Å². The molecule has 4 amide bonds. The Balaban J connectivity index is 1.43. The highest BCUT2D eigenvalue weighted by atomic mass is 16.5. The largest absolute Gasteiger partial charge is 0.492 e. The van der Waals surface area contributed by atoms with E-state index in [0.717, 1.165) is 29.1 Å². The van der Waals surface area contributed by atoms with Gasteiger partial charge >= 0.3 is 6.03 Å². The van der Waals surface area contributed by atoms with Gasteiger partial charge in [0.05, 0.1) is 6.54 Å². The monoisotopic (exact) mass is 345 g/mol. The molecule has 0 bridgehead atoms. The molecular weight excluding hydrogens is 322 g/mol. The van der Waals surface area contributed by atoms with Crippen LogP contribution < -0.4 is 15.4 Å². The molecule has 1 saturated carbocycles. The Labute approximate surface area is 146 Å². The van der Waals surface area contributed by atoms with Crippen molar-refractivity contribution < 1.29 is 19.1 Å². The predicted octanol–water partition coefficient (Wildman–Crippen LogP) is 1.35. The summed E-state index contributed by atoms with van der Waals surface area (Å²) in [5.74, 6) is 0.0964. The first-order valence-electron chi connectivity index (χ1n) is 8.60. The summed E-state index contributed by atoms with van der Waals surface area (Å²) in [6, 6.07) is 7.17. The van der Waals surface area contributed by atoms with Gasteiger partial charge in [-0.25, -0.2) is 4.79 Å². The van der Waals surface area contributed by atoms with Crippen LogP contribution in [0.15, 0.2) is 24.3 Å². The number of carbonyl (C=O) groups is 3. The number of amides is 4. The summed E-state index contributed by atoms with van der Waals surface area (Å²) >= 11 is 0. The lowest BCUT2D eigenvalue weighted by Gasteiger charge is -2.19. The number of urea groups is 1. The fourth-order valence-electron chi connectivity index (χ4n) is 3.40. The molecule has 1 aliphatic heterocycles. The summed E-state index contributed by atoms with van der Waals surface area (Å²) in [5, 5.41) is 5.44. The molecule has 1 heterocycles. The van der Waals surface area contributed by atoms with Crippen molar-refractivity contribution >= 4 is 17.8 Å². The Bertz CT molecular complexity index is 683. The Morgan fingerprint density at radius 2 is 2.08 bits per heavy atom. The van der Waals surface area contributed by atoms with Gasteiger partial charge in [-0.15, -0.1) is 0 Å². The zero-order valence-corrected chi connectivity index (χ0v) is 14.3. The van der Waals surface area contributed by atoms with E-state index in [1.807, 2.05) is 31.2 Å². The van der Waals surface area contributed by atoms with E-state index >= 15 is 0 Å². The second-order valence-electron chi connectivity index (χ2n) is 6.63. The number of benzene rings is 1. The summed E-state index contributed by atoms with van der Waals surface area (Å²) in [4.78, 5) is 37.5. The molecule has 7 heteroatoms. The number of hydrogen-bond donors (Lipinski definition) is 2. The van der Waals surface area contributed by atoms with Crippen LogP contribution in [0.5, 0.6) is 5.75 Å². The molecule has 1 aromatic carbocycles. The summed E-state index contributed by atoms with van der Waals surface area (Å²) in [6.45, 7) is 2.35. The maximum absolute atomic E-state index is 12.5. The van der Waals surface area contributed by atoms with Crippen LogP contribution in [-0.4, -0.2) is 48.0 Å². The van der Waals surface area contributed by atoms with Gasteiger partial charge in [0.15, 0.2) is 0 Å². The third-order valence-electron chi connectivity index (χ3n) is 4.69. The second-order valence-corrected chi connectivity index (χ2v) is 6.63. The van der Waals surface area contributed by atoms with Crippen LogP contribution in [0.25, 0.3) is 0 Å². The van der Waals surface area contributed by atoms with Crippen molar-refractivity contribution in [2.75, 3.05) is 19.7 Å². The minimum atomic E-state index is -0.772. The second kappa shape index (κ2) is 7.13. The zero-order valence-electron chi connectivity index (χ0n) is 14.3. The molecule has 0 unspecified atom stereocenters. The normalized spacial score (nSPS) is 18.5. The standard InChI is InChI=1S/C18H23N3O4/c1-13-5-4-6-14(11-13)25-10-9-19-15(22)12-21-16(23)18(20-17(21)24)7-2-3-8-18/h4-6,11H,2-3,7-10,12H2,1H3,(H,19,22)(H,20,24). The van der Waals surface area contributed by atoms with Gasteiger partial charge in [0.2, 0.25) is 5.91 Å². The van der Waals surface area contributed by atoms with E-state index in [0.29, 0.717) is 26.0 Å². The van der Waals surface area contributed by atoms with E-state index in [-0.39, 0.29) is 18.4 Å². The number of nitrogens with one attached hydrogen (secondary N) is 2. The van der Waals surface area contributed by atoms with Gasteiger partial charge in [-0.3, -0.25) is 14.5 Å². The molecule has 1 aliphatic carbocycles. The van der Waals surface area contributed by atoms with E-state index in [1.165, 1.54) is 0 Å². The van der Waals surface area contributed by atoms with Gasteiger partial charge < -0.3 is 15.4 Å². The lowest BCUT2D eigenvalue weighted by Crippen LogP contribution is -2.45. The Morgan fingerprint density at radius 3 is 2.80 bits per heavy atom. The van der Waals surface area contributed by atoms with Crippen molar-refractivity contribution in [2.24, 2.45) is 0 Å². The quantitative estimate of drug-likeness (QED) is 0.602. The van der Waals surface area contributed by atoms with Gasteiger partial charge in [0, 0.05) is 0 Å². The predicted molar refractivity (Wildman–Crippen MR) is 91.1 cm³/mol. The third-order valence-corrected chi connectivity index (χ3v) is 4.69. The molecule has 0 aromatic heterocycles. The fourth-order valence-corrected chi connectivity index (χ4v) is 3.40. The summed E-state index contributed by atoms with van der Waals surface area (Å²) in [7, 11) is 0. The van der Waals surface area contributed by atoms with Crippen molar-refractivity contribution in [2.45, 2.75) is 38.1 Å². The number of nitrogens with zero attached hydrogens (tertiary/aromatic N) is 1. The summed E-state index contributed by atoms with van der Waals surface area (Å²) in [5.41, 5.74) is 0.326. The highest BCUT2D eigenvalue weighted by molar-refractivity contribution is 6.09. The number of ether oxygens (including phenoxy) is 1. The van der Waals surface area contributed by atoms with Gasteiger partial charge in [-0.05, 0) is 37.5 Å². The van der Waals surface area contributed by atoms with Gasteiger partial charge in [-0.2, -0.15) is 0 Å². The first kappa shape index (κ1) is 17.3. The number of hydrogen-bond acceptors (Lipinski definition) is 4. The third kappa shape index (κ3) is 3.75. The van der Waals surface area contributed by atoms with E-state index in [1.54, 1.807) is 0 Å². The fraction of sp³-hybridized carbons (Fsp3) is 0.500. The van der Waals surface area contributed by atoms with Crippen LogP contribution in [-0.2, 0) is 9.59 Å². The van der Waals surface area contributed by atoms with Crippen molar-refractivity contribution in [1.82, 2.24) is 15.5 Å². The molecular formula is C18H23N3O4. The number of carbonyl (C=O) groups excluding carboxylic acids is 3. The topological polar surface area (TPSA) is 87.7 Å². The van der Waals surface area contributed by atoms with E-state index in [2.05, 4.69) is 10.6 Å². The number of imide groups is 1. The van der Waals surface area contributed by atoms with Crippen LogP contribution in [0.2, 0.25) is 0 Å². The van der Waals surface area contributed by atoms with E-state index < -0.39 is 11.6 Å². The summed E-state index contributed by atoms with van der Waals surface area (Å²) in [6.07, 6.45) is 3.14. The maximum Gasteiger partial charge on any atom is 0.325 e. The molecule has 7 nitrogen and oxygen atoms in total. The average Bonchev–Trinajstić information content (AvgIpc) is 3.13. The molecule has 0 radical (unpaired) electrons. The average molecular weight is 345 g/mol. The minimum Gasteiger partial charge on any atom is -0.492 e. The Hall–Kier alpha value is -2.57. The first-order valence-corrected chi connectivity index (χ1v) is 8.60. The molecule has 0 atom stereocenters. The smallest absolute Gasteiger partial charge is 0.325 e. The van der Waals surface area contributed by atoms with Crippen molar-refractivity contribution in [3.63, 3.8) is 0 Å². The van der Waals surface area contributed by atoms with E-state index in [9.17, 15) is 14.4 Å². The Kier molecular flexibility index (Phi) is 4.92. The Morgan fingerprint density at radius 1 is 1.32 bits per heavy atom. The minimum absolute atomic E-state index is 0.253. The van der Waals surface area contributed by atoms with Crippen LogP contribution in [0.1, 0.15) is 31.2 Å². The molecule has 1 aromatic rings. The highest BCUT2D eigenvalue weighted by Crippen LogP contribution is 2.34. The first-order chi connectivity index (χ1) is 12.0. The summed E-state index contributed by atoms with van der Waals surface area (Å²) < 4.78 is 5.55. The van der Waals surface area contributed by atoms with Crippen molar-refractivity contribution in [1.29, 1.82) is 0 Å². The molecule has 3 rings (SSSR count). The number of aryl methyl sites for hydroxylation is 1. The van der Waals surface area contributed by atoms with Gasteiger partial charge in [-0.1, -0.05) is 25.0 Å². The molecule has 2 aliphatic rings. The highest BCUT2D eigenvalue weighted by Gasteiger charge is 2.52. The zero-order chi connectivity index (χ0) is 17.9. The molecule has 2 fully saturated rings. The molecule has 2 N–H and O–H groups in total. The molecule has 134 valence electrons. The van der Waals surface area contributed by atoms with Crippen LogP contribution in [0.3, 0.4) is 0 Å². The molecule has 1 spiro atoms. The maximum atomic E-state index is 12.5. The lowest BCUT2D eigenvalue weighted by molar-refractivity contribution is -0.134. The van der Waals surface area contributed by atoms with E-state index in [4.69, 9.17) is 4.74 Å². The SMILES string of the molecule is Cc1cccc(OCCNC(=O)CN2C(=O)NC3(CCCC3)C2=O)c1. The van der Waals surface area contributed by atoms with Crippen LogP contribution >= 0.6 is 0 Å². The molecule has 1 saturated heterocycles. The lowest BCUT2D eigenvalue weighted by atomic mass is 9.98. The molecule has 25 heavy (non-hydrogen) atoms. The van der Waals surface area contributed by atoms with Gasteiger partial charge in [0.25, 0.3) is 5.91 Å². The van der Waals surface area contributed by atoms with Crippen molar-refractivity contribution in [3.05, 3.63) is 29.8 Å². The van der Waals surface area contributed by atoms with Crippen LogP contribution in [0.4, 0.5) is 4.79 Å². The van der Waals surface area contributed by atoms with Crippen molar-refractivity contribution in [3.8, 4) is 5.75 Å². The number of rotatable bonds is 6. The van der Waals surface area contributed by atoms with Gasteiger partial charge in [0.1, 0.15) is 24.4 Å².